The molecule has 0 aromatic heterocycles. The summed E-state index contributed by atoms with van der Waals surface area (Å²) in [5, 5.41) is 2.61. The van der Waals surface area contributed by atoms with Crippen molar-refractivity contribution in [3.8, 4) is 11.5 Å². The van der Waals surface area contributed by atoms with E-state index in [-0.39, 0.29) is 5.69 Å². The number of halogens is 2. The van der Waals surface area contributed by atoms with Crippen molar-refractivity contribution in [2.24, 2.45) is 0 Å². The van der Waals surface area contributed by atoms with Crippen LogP contribution in [0.5, 0.6) is 11.5 Å². The fourth-order valence-corrected chi connectivity index (χ4v) is 4.08. The highest BCUT2D eigenvalue weighted by atomic mass is 32.2. The van der Waals surface area contributed by atoms with Crippen LogP contribution in [0.25, 0.3) is 0 Å². The average molecular weight is 446 g/mol. The van der Waals surface area contributed by atoms with Gasteiger partial charge in [0, 0.05) is 11.8 Å². The summed E-state index contributed by atoms with van der Waals surface area (Å²) in [5.41, 5.74) is 0.256. The summed E-state index contributed by atoms with van der Waals surface area (Å²) in [4.78, 5) is 12.7. The first-order valence-electron chi connectivity index (χ1n) is 9.23. The first-order chi connectivity index (χ1) is 14.6. The number of sulfonamides is 1. The number of carbonyl (C=O) groups excluding carboxylic acids is 1. The van der Waals surface area contributed by atoms with Gasteiger partial charge in [0.05, 0.1) is 11.9 Å². The van der Waals surface area contributed by atoms with Crippen LogP contribution in [0, 0.1) is 11.6 Å². The molecule has 0 unspecified atom stereocenters. The number of ether oxygens (including phenoxy) is 1. The summed E-state index contributed by atoms with van der Waals surface area (Å²) in [6.07, 6.45) is 0.883. The van der Waals surface area contributed by atoms with E-state index in [1.807, 2.05) is 18.2 Å². The molecular formula is C22H20F2N2O4S. The van der Waals surface area contributed by atoms with Gasteiger partial charge in [-0.1, -0.05) is 18.2 Å². The smallest absolute Gasteiger partial charge is 0.247 e. The van der Waals surface area contributed by atoms with Gasteiger partial charge in [0.25, 0.3) is 0 Å². The van der Waals surface area contributed by atoms with Crippen LogP contribution < -0.4 is 14.4 Å². The second-order valence-corrected chi connectivity index (χ2v) is 8.62. The van der Waals surface area contributed by atoms with Gasteiger partial charge in [-0.05, 0) is 55.5 Å². The molecule has 0 saturated heterocycles. The van der Waals surface area contributed by atoms with Crippen LogP contribution >= 0.6 is 0 Å². The van der Waals surface area contributed by atoms with E-state index in [0.29, 0.717) is 17.2 Å². The maximum absolute atomic E-state index is 13.6. The van der Waals surface area contributed by atoms with Crippen LogP contribution in [-0.2, 0) is 14.8 Å². The SMILES string of the molecule is C[C@H](C(=O)Nc1ccc(Oc2ccccc2)cc1)N(c1ccc(F)c(F)c1)S(C)(=O)=O. The number of para-hydroxylation sites is 1. The lowest BCUT2D eigenvalue weighted by Crippen LogP contribution is -2.45. The number of nitrogens with zero attached hydrogens (tertiary/aromatic N) is 1. The van der Waals surface area contributed by atoms with Crippen LogP contribution in [0.4, 0.5) is 20.2 Å². The van der Waals surface area contributed by atoms with Crippen LogP contribution in [0.1, 0.15) is 6.92 Å². The molecule has 0 aliphatic rings. The Bertz CT molecular complexity index is 1170. The van der Waals surface area contributed by atoms with E-state index in [9.17, 15) is 22.0 Å². The molecule has 3 aromatic rings. The van der Waals surface area contributed by atoms with Crippen molar-refractivity contribution >= 4 is 27.3 Å². The average Bonchev–Trinajstić information content (AvgIpc) is 2.72. The number of benzene rings is 3. The lowest BCUT2D eigenvalue weighted by atomic mass is 10.2. The molecule has 9 heteroatoms. The van der Waals surface area contributed by atoms with E-state index in [4.69, 9.17) is 4.74 Å². The molecule has 0 bridgehead atoms. The third kappa shape index (κ3) is 5.58. The lowest BCUT2D eigenvalue weighted by molar-refractivity contribution is -0.116. The van der Waals surface area contributed by atoms with Gasteiger partial charge < -0.3 is 10.1 Å². The van der Waals surface area contributed by atoms with Gasteiger partial charge in [-0.2, -0.15) is 0 Å². The van der Waals surface area contributed by atoms with Crippen LogP contribution in [0.2, 0.25) is 0 Å². The van der Waals surface area contributed by atoms with Gasteiger partial charge in [-0.25, -0.2) is 17.2 Å². The number of hydrogen-bond acceptors (Lipinski definition) is 4. The molecule has 1 atom stereocenters. The van der Waals surface area contributed by atoms with Crippen LogP contribution in [0.3, 0.4) is 0 Å². The van der Waals surface area contributed by atoms with E-state index in [1.165, 1.54) is 6.92 Å². The number of carbonyl (C=O) groups is 1. The van der Waals surface area contributed by atoms with Crippen molar-refractivity contribution in [2.75, 3.05) is 15.9 Å². The standard InChI is InChI=1S/C22H20F2N2O4S/c1-15(26(31(2,28)29)17-10-13-20(23)21(24)14-17)22(27)25-16-8-11-19(12-9-16)30-18-6-4-3-5-7-18/h3-15H,1-2H3,(H,25,27)/t15-/m1/s1. The van der Waals surface area contributed by atoms with Crippen molar-refractivity contribution in [3.63, 3.8) is 0 Å². The summed E-state index contributed by atoms with van der Waals surface area (Å²) in [7, 11) is -3.96. The minimum atomic E-state index is -3.96. The highest BCUT2D eigenvalue weighted by Crippen LogP contribution is 2.25. The van der Waals surface area contributed by atoms with Gasteiger partial charge >= 0.3 is 0 Å². The lowest BCUT2D eigenvalue weighted by Gasteiger charge is -2.28. The molecule has 31 heavy (non-hydrogen) atoms. The summed E-state index contributed by atoms with van der Waals surface area (Å²) in [6, 6.07) is 17.1. The van der Waals surface area contributed by atoms with Gasteiger partial charge in [-0.3, -0.25) is 9.10 Å². The van der Waals surface area contributed by atoms with Crippen molar-refractivity contribution in [3.05, 3.63) is 84.4 Å². The molecule has 0 heterocycles. The fraction of sp³-hybridized carbons (Fsp3) is 0.136. The van der Waals surface area contributed by atoms with Crippen molar-refractivity contribution < 1.29 is 26.7 Å². The summed E-state index contributed by atoms with van der Waals surface area (Å²) in [5.74, 6) is -1.77. The third-order valence-corrected chi connectivity index (χ3v) is 5.59. The van der Waals surface area contributed by atoms with Crippen LogP contribution in [-0.4, -0.2) is 26.6 Å². The maximum Gasteiger partial charge on any atom is 0.247 e. The molecular weight excluding hydrogens is 426 g/mol. The third-order valence-electron chi connectivity index (χ3n) is 4.35. The number of anilines is 2. The van der Waals surface area contributed by atoms with E-state index in [0.717, 1.165) is 28.8 Å². The van der Waals surface area contributed by atoms with Crippen molar-refractivity contribution in [1.82, 2.24) is 0 Å². The summed E-state index contributed by atoms with van der Waals surface area (Å²) >= 11 is 0. The van der Waals surface area contributed by atoms with E-state index in [1.54, 1.807) is 36.4 Å². The fourth-order valence-electron chi connectivity index (χ4n) is 2.91. The predicted molar refractivity (Wildman–Crippen MR) is 115 cm³/mol. The number of nitrogens with one attached hydrogen (secondary N) is 1. The van der Waals surface area contributed by atoms with Crippen molar-refractivity contribution in [1.29, 1.82) is 0 Å². The zero-order valence-electron chi connectivity index (χ0n) is 16.7. The summed E-state index contributed by atoms with van der Waals surface area (Å²) < 4.78 is 57.8. The van der Waals surface area contributed by atoms with Crippen LogP contribution in [0.15, 0.2) is 72.8 Å². The number of hydrogen-bond donors (Lipinski definition) is 1. The zero-order valence-corrected chi connectivity index (χ0v) is 17.6. The predicted octanol–water partition coefficient (Wildman–Crippen LogP) is 4.55. The number of amides is 1. The monoisotopic (exact) mass is 446 g/mol. The Kier molecular flexibility index (Phi) is 6.55. The second-order valence-electron chi connectivity index (χ2n) is 6.76. The Morgan fingerprint density at radius 1 is 0.935 bits per heavy atom. The van der Waals surface area contributed by atoms with Gasteiger partial charge in [0.2, 0.25) is 15.9 Å². The Morgan fingerprint density at radius 2 is 1.55 bits per heavy atom. The number of rotatable bonds is 7. The van der Waals surface area contributed by atoms with E-state index >= 15 is 0 Å². The Labute approximate surface area is 179 Å². The normalized spacial score (nSPS) is 12.1. The topological polar surface area (TPSA) is 75.7 Å². The Balaban J connectivity index is 1.75. The molecule has 0 saturated carbocycles. The highest BCUT2D eigenvalue weighted by Gasteiger charge is 2.29. The Hall–Kier alpha value is -3.46. The summed E-state index contributed by atoms with van der Waals surface area (Å²) in [6.45, 7) is 1.35. The van der Waals surface area contributed by atoms with Gasteiger partial charge in [-0.15, -0.1) is 0 Å². The van der Waals surface area contributed by atoms with Gasteiger partial charge in [0.15, 0.2) is 11.6 Å². The second kappa shape index (κ2) is 9.13. The minimum absolute atomic E-state index is 0.157. The van der Waals surface area contributed by atoms with E-state index < -0.39 is 33.6 Å². The first-order valence-corrected chi connectivity index (χ1v) is 11.1. The molecule has 0 aliphatic heterocycles. The molecule has 162 valence electrons. The molecule has 0 aliphatic carbocycles. The maximum atomic E-state index is 13.6. The first kappa shape index (κ1) is 22.2. The molecule has 0 spiro atoms. The van der Waals surface area contributed by atoms with E-state index in [2.05, 4.69) is 5.32 Å². The molecule has 3 rings (SSSR count). The quantitative estimate of drug-likeness (QED) is 0.578. The minimum Gasteiger partial charge on any atom is -0.457 e. The molecule has 0 fully saturated rings. The molecule has 1 N–H and O–H groups in total. The van der Waals surface area contributed by atoms with Gasteiger partial charge in [0.1, 0.15) is 17.5 Å². The van der Waals surface area contributed by atoms with Crippen molar-refractivity contribution in [2.45, 2.75) is 13.0 Å². The molecule has 3 aromatic carbocycles. The molecule has 0 radical (unpaired) electrons. The molecule has 6 nitrogen and oxygen atoms in total. The highest BCUT2D eigenvalue weighted by molar-refractivity contribution is 7.92. The largest absolute Gasteiger partial charge is 0.457 e. The zero-order chi connectivity index (χ0) is 22.6. The molecule has 1 amide bonds. The Morgan fingerprint density at radius 3 is 2.13 bits per heavy atom.